The fraction of sp³-hybridized carbons (Fsp3) is 0.294. The molecule has 0 amide bonds. The van der Waals surface area contributed by atoms with Crippen molar-refractivity contribution >= 4 is 10.8 Å². The summed E-state index contributed by atoms with van der Waals surface area (Å²) in [4.78, 5) is 0. The van der Waals surface area contributed by atoms with E-state index in [2.05, 4.69) is 42.4 Å². The number of benzene rings is 2. The van der Waals surface area contributed by atoms with Crippen LogP contribution in [0.2, 0.25) is 0 Å². The quantitative estimate of drug-likeness (QED) is 0.825. The average molecular weight is 253 g/mol. The number of methoxy groups -OCH3 is 1. The highest BCUT2D eigenvalue weighted by molar-refractivity contribution is 5.91. The van der Waals surface area contributed by atoms with E-state index in [4.69, 9.17) is 11.2 Å². The highest BCUT2D eigenvalue weighted by Crippen LogP contribution is 2.28. The first-order valence-corrected chi connectivity index (χ1v) is 6.47. The van der Waals surface area contributed by atoms with Gasteiger partial charge in [-0.1, -0.05) is 30.3 Å². The second-order valence-corrected chi connectivity index (χ2v) is 4.66. The predicted molar refractivity (Wildman–Crippen MR) is 80.3 cm³/mol. The summed E-state index contributed by atoms with van der Waals surface area (Å²) in [5.41, 5.74) is 1.26. The van der Waals surface area contributed by atoms with Crippen molar-refractivity contribution in [1.82, 2.24) is 5.32 Å². The van der Waals surface area contributed by atoms with Gasteiger partial charge >= 0.3 is 0 Å². The number of ether oxygens (including phenoxy) is 1. The second kappa shape index (κ2) is 6.26. The average Bonchev–Trinajstić information content (AvgIpc) is 2.45. The minimum atomic E-state index is 0.325. The topological polar surface area (TPSA) is 21.3 Å². The van der Waals surface area contributed by atoms with E-state index in [0.717, 1.165) is 24.1 Å². The van der Waals surface area contributed by atoms with Gasteiger partial charge in [0.2, 0.25) is 0 Å². The maximum absolute atomic E-state index is 5.40. The Morgan fingerprint density at radius 1 is 1.21 bits per heavy atom. The van der Waals surface area contributed by atoms with Gasteiger partial charge in [0.15, 0.2) is 0 Å². The molecule has 2 rings (SSSR count). The Morgan fingerprint density at radius 3 is 2.63 bits per heavy atom. The van der Waals surface area contributed by atoms with Crippen molar-refractivity contribution in [3.05, 3.63) is 42.0 Å². The van der Waals surface area contributed by atoms with Crippen molar-refractivity contribution in [2.75, 3.05) is 7.11 Å². The second-order valence-electron chi connectivity index (χ2n) is 4.66. The van der Waals surface area contributed by atoms with Crippen molar-refractivity contribution in [1.29, 1.82) is 0 Å². The zero-order valence-electron chi connectivity index (χ0n) is 11.4. The highest BCUT2D eigenvalue weighted by Gasteiger charge is 2.06. The van der Waals surface area contributed by atoms with E-state index in [1.807, 2.05) is 12.1 Å². The third-order valence-electron chi connectivity index (χ3n) is 3.26. The van der Waals surface area contributed by atoms with Gasteiger partial charge in [-0.05, 0) is 23.9 Å². The fourth-order valence-electron chi connectivity index (χ4n) is 2.20. The highest BCUT2D eigenvalue weighted by atomic mass is 16.5. The van der Waals surface area contributed by atoms with E-state index in [1.54, 1.807) is 7.11 Å². The summed E-state index contributed by atoms with van der Waals surface area (Å²) in [6.07, 6.45) is 6.06. The Kier molecular flexibility index (Phi) is 4.43. The molecule has 19 heavy (non-hydrogen) atoms. The standard InChI is InChI=1S/C17H19NO/c1-4-7-13(2)18-12-14-10-11-17(19-3)16-9-6-5-8-15(14)16/h1,5-6,8-11,13,18H,7,12H2,2-3H3. The van der Waals surface area contributed by atoms with Crippen molar-refractivity contribution in [2.45, 2.75) is 25.9 Å². The first-order chi connectivity index (χ1) is 9.26. The van der Waals surface area contributed by atoms with Gasteiger partial charge in [-0.15, -0.1) is 12.3 Å². The van der Waals surface area contributed by atoms with Gasteiger partial charge in [0.25, 0.3) is 0 Å². The monoisotopic (exact) mass is 253 g/mol. The van der Waals surface area contributed by atoms with E-state index in [9.17, 15) is 0 Å². The lowest BCUT2D eigenvalue weighted by atomic mass is 10.0. The molecular formula is C17H19NO. The van der Waals surface area contributed by atoms with Crippen molar-refractivity contribution < 1.29 is 4.74 Å². The molecule has 0 aliphatic heterocycles. The van der Waals surface area contributed by atoms with Crippen LogP contribution in [0.25, 0.3) is 10.8 Å². The van der Waals surface area contributed by atoms with Gasteiger partial charge < -0.3 is 10.1 Å². The van der Waals surface area contributed by atoms with Crippen molar-refractivity contribution in [3.8, 4) is 18.1 Å². The van der Waals surface area contributed by atoms with Crippen molar-refractivity contribution in [2.24, 2.45) is 0 Å². The molecule has 0 bridgehead atoms. The van der Waals surface area contributed by atoms with E-state index >= 15 is 0 Å². The number of fused-ring (bicyclic) bond motifs is 1. The molecule has 2 heteroatoms. The lowest BCUT2D eigenvalue weighted by Crippen LogP contribution is -2.24. The number of rotatable bonds is 5. The maximum Gasteiger partial charge on any atom is 0.126 e. The molecule has 0 fully saturated rings. The van der Waals surface area contributed by atoms with E-state index in [-0.39, 0.29) is 0 Å². The minimum absolute atomic E-state index is 0.325. The predicted octanol–water partition coefficient (Wildman–Crippen LogP) is 3.35. The first kappa shape index (κ1) is 13.5. The van der Waals surface area contributed by atoms with Crippen LogP contribution < -0.4 is 10.1 Å². The van der Waals surface area contributed by atoms with Crippen LogP contribution >= 0.6 is 0 Å². The summed E-state index contributed by atoms with van der Waals surface area (Å²) in [6.45, 7) is 2.92. The number of hydrogen-bond donors (Lipinski definition) is 1. The lowest BCUT2D eigenvalue weighted by molar-refractivity contribution is 0.419. The zero-order chi connectivity index (χ0) is 13.7. The van der Waals surface area contributed by atoms with Gasteiger partial charge in [0.05, 0.1) is 7.11 Å². The zero-order valence-corrected chi connectivity index (χ0v) is 11.4. The molecule has 0 radical (unpaired) electrons. The fourth-order valence-corrected chi connectivity index (χ4v) is 2.20. The largest absolute Gasteiger partial charge is 0.496 e. The Hall–Kier alpha value is -1.98. The Labute approximate surface area is 114 Å². The normalized spacial score (nSPS) is 12.1. The van der Waals surface area contributed by atoms with Gasteiger partial charge in [-0.3, -0.25) is 0 Å². The van der Waals surface area contributed by atoms with Crippen LogP contribution in [0.5, 0.6) is 5.75 Å². The molecule has 1 N–H and O–H groups in total. The maximum atomic E-state index is 5.40. The number of terminal acetylenes is 1. The molecule has 0 spiro atoms. The van der Waals surface area contributed by atoms with Gasteiger partial charge in [-0.25, -0.2) is 0 Å². The first-order valence-electron chi connectivity index (χ1n) is 6.47. The molecule has 2 aromatic rings. The van der Waals surface area contributed by atoms with Crippen LogP contribution in [0, 0.1) is 12.3 Å². The summed E-state index contributed by atoms with van der Waals surface area (Å²) < 4.78 is 5.40. The molecule has 1 unspecified atom stereocenters. The smallest absolute Gasteiger partial charge is 0.126 e. The molecule has 98 valence electrons. The summed E-state index contributed by atoms with van der Waals surface area (Å²) in [5.74, 6) is 3.59. The summed E-state index contributed by atoms with van der Waals surface area (Å²) in [6, 6.07) is 12.7. The molecule has 2 aromatic carbocycles. The van der Waals surface area contributed by atoms with Crippen LogP contribution in [-0.4, -0.2) is 13.2 Å². The Morgan fingerprint density at radius 2 is 1.95 bits per heavy atom. The van der Waals surface area contributed by atoms with Crippen LogP contribution in [0.15, 0.2) is 36.4 Å². The molecular weight excluding hydrogens is 234 g/mol. The van der Waals surface area contributed by atoms with E-state index in [0.29, 0.717) is 6.04 Å². The van der Waals surface area contributed by atoms with Crippen molar-refractivity contribution in [3.63, 3.8) is 0 Å². The third-order valence-corrected chi connectivity index (χ3v) is 3.26. The molecule has 0 heterocycles. The summed E-state index contributed by atoms with van der Waals surface area (Å²) in [5, 5.41) is 5.82. The number of nitrogens with one attached hydrogen (secondary N) is 1. The molecule has 0 saturated heterocycles. The van der Waals surface area contributed by atoms with Crippen LogP contribution in [0.1, 0.15) is 18.9 Å². The summed E-state index contributed by atoms with van der Waals surface area (Å²) in [7, 11) is 1.70. The van der Waals surface area contributed by atoms with Crippen LogP contribution in [0.4, 0.5) is 0 Å². The molecule has 0 aliphatic rings. The minimum Gasteiger partial charge on any atom is -0.496 e. The van der Waals surface area contributed by atoms with Crippen LogP contribution in [-0.2, 0) is 6.54 Å². The van der Waals surface area contributed by atoms with E-state index < -0.39 is 0 Å². The van der Waals surface area contributed by atoms with Gasteiger partial charge in [0.1, 0.15) is 5.75 Å². The molecule has 1 atom stereocenters. The van der Waals surface area contributed by atoms with E-state index in [1.165, 1.54) is 10.9 Å². The molecule has 2 nitrogen and oxygen atoms in total. The van der Waals surface area contributed by atoms with Gasteiger partial charge in [-0.2, -0.15) is 0 Å². The summed E-state index contributed by atoms with van der Waals surface area (Å²) >= 11 is 0. The Bertz CT molecular complexity index is 598. The number of hydrogen-bond acceptors (Lipinski definition) is 2. The SMILES string of the molecule is C#CCC(C)NCc1ccc(OC)c2ccccc12. The molecule has 0 aromatic heterocycles. The van der Waals surface area contributed by atoms with Gasteiger partial charge in [0, 0.05) is 24.4 Å². The van der Waals surface area contributed by atoms with Crippen LogP contribution in [0.3, 0.4) is 0 Å². The Balaban J connectivity index is 2.27. The third kappa shape index (κ3) is 3.07. The lowest BCUT2D eigenvalue weighted by Gasteiger charge is -2.14. The molecule has 0 aliphatic carbocycles. The molecule has 0 saturated carbocycles.